The van der Waals surface area contributed by atoms with Crippen molar-refractivity contribution in [3.05, 3.63) is 11.6 Å². The van der Waals surface area contributed by atoms with Crippen molar-refractivity contribution < 1.29 is 19.8 Å². The van der Waals surface area contributed by atoms with Crippen molar-refractivity contribution in [3.63, 3.8) is 0 Å². The maximum Gasteiger partial charge on any atom is 0.190 e. The molecule has 4 nitrogen and oxygen atoms in total. The van der Waals surface area contributed by atoms with Crippen LogP contribution in [0.5, 0.6) is 0 Å². The third-order valence-corrected chi connectivity index (χ3v) is 8.72. The fourth-order valence-corrected chi connectivity index (χ4v) is 7.16. The van der Waals surface area contributed by atoms with Crippen LogP contribution < -0.4 is 0 Å². The number of aliphatic hydroxyl groups is 2. The van der Waals surface area contributed by atoms with Gasteiger partial charge in [0.05, 0.1) is 0 Å². The van der Waals surface area contributed by atoms with Gasteiger partial charge in [-0.15, -0.1) is 0 Å². The van der Waals surface area contributed by atoms with Crippen LogP contribution in [0.4, 0.5) is 0 Å². The Bertz CT molecular complexity index is 652. The molecule has 0 spiro atoms. The summed E-state index contributed by atoms with van der Waals surface area (Å²) in [5.74, 6) is 1.26. The number of allylic oxidation sites excluding steroid dienone is 1. The lowest BCUT2D eigenvalue weighted by molar-refractivity contribution is -0.164. The summed E-state index contributed by atoms with van der Waals surface area (Å²) < 4.78 is 0. The van der Waals surface area contributed by atoms with E-state index in [-0.39, 0.29) is 11.2 Å². The van der Waals surface area contributed by atoms with E-state index in [9.17, 15) is 19.8 Å². The van der Waals surface area contributed by atoms with E-state index in [0.717, 1.165) is 38.5 Å². The van der Waals surface area contributed by atoms with Gasteiger partial charge in [0.1, 0.15) is 12.2 Å². The van der Waals surface area contributed by atoms with Crippen LogP contribution in [0.1, 0.15) is 65.2 Å². The van der Waals surface area contributed by atoms with E-state index < -0.39 is 23.4 Å². The molecule has 0 bridgehead atoms. The van der Waals surface area contributed by atoms with E-state index >= 15 is 0 Å². The van der Waals surface area contributed by atoms with Crippen LogP contribution in [-0.2, 0) is 9.59 Å². The van der Waals surface area contributed by atoms with Crippen molar-refractivity contribution in [1.29, 1.82) is 0 Å². The molecular weight excluding hydrogens is 316 g/mol. The Morgan fingerprint density at radius 3 is 2.56 bits per heavy atom. The van der Waals surface area contributed by atoms with Crippen LogP contribution in [0.2, 0.25) is 0 Å². The minimum atomic E-state index is -1.36. The molecule has 3 fully saturated rings. The minimum absolute atomic E-state index is 0.111. The highest BCUT2D eigenvalue weighted by molar-refractivity contribution is 5.91. The van der Waals surface area contributed by atoms with Crippen molar-refractivity contribution in [2.45, 2.75) is 70.8 Å². The van der Waals surface area contributed by atoms with Crippen molar-refractivity contribution in [2.75, 3.05) is 6.61 Å². The Labute approximate surface area is 149 Å². The van der Waals surface area contributed by atoms with E-state index in [1.807, 2.05) is 6.08 Å². The first-order valence-corrected chi connectivity index (χ1v) is 9.87. The Hall–Kier alpha value is -1.00. The monoisotopic (exact) mass is 346 g/mol. The zero-order valence-electron chi connectivity index (χ0n) is 15.4. The molecule has 2 N–H and O–H groups in total. The normalized spacial score (nSPS) is 49.0. The number of aliphatic hydroxyl groups excluding tert-OH is 1. The summed E-state index contributed by atoms with van der Waals surface area (Å²) in [6.45, 7) is 3.84. The summed E-state index contributed by atoms with van der Waals surface area (Å²) in [5.41, 5.74) is -0.333. The zero-order valence-corrected chi connectivity index (χ0v) is 15.4. The summed E-state index contributed by atoms with van der Waals surface area (Å²) in [6.07, 6.45) is 8.72. The lowest BCUT2D eigenvalue weighted by Crippen LogP contribution is -2.58. The molecule has 0 heterocycles. The van der Waals surface area contributed by atoms with E-state index in [2.05, 4.69) is 13.8 Å². The van der Waals surface area contributed by atoms with Crippen LogP contribution in [0.15, 0.2) is 11.6 Å². The highest BCUT2D eigenvalue weighted by Crippen LogP contribution is 2.67. The second kappa shape index (κ2) is 5.50. The first-order chi connectivity index (χ1) is 11.8. The number of Topliss-reactive ketones (excluding diaryl/α,β-unsaturated/α-hetero) is 1. The molecule has 4 heteroatoms. The van der Waals surface area contributed by atoms with Crippen molar-refractivity contribution in [2.24, 2.45) is 28.6 Å². The van der Waals surface area contributed by atoms with Crippen LogP contribution in [0.3, 0.4) is 0 Å². The molecule has 0 aromatic rings. The molecular formula is C21H30O4. The smallest absolute Gasteiger partial charge is 0.190 e. The molecule has 0 amide bonds. The van der Waals surface area contributed by atoms with E-state index in [4.69, 9.17) is 0 Å². The summed E-state index contributed by atoms with van der Waals surface area (Å²) in [7, 11) is 0. The van der Waals surface area contributed by atoms with Crippen molar-refractivity contribution in [3.8, 4) is 0 Å². The van der Waals surface area contributed by atoms with Gasteiger partial charge in [-0.2, -0.15) is 0 Å². The van der Waals surface area contributed by atoms with Gasteiger partial charge in [0.25, 0.3) is 0 Å². The average molecular weight is 346 g/mol. The fraction of sp³-hybridized carbons (Fsp3) is 0.810. The van der Waals surface area contributed by atoms with Gasteiger partial charge in [-0.25, -0.2) is 0 Å². The lowest BCUT2D eigenvalue weighted by atomic mass is 9.46. The number of ketones is 2. The SMILES string of the molecule is C[C@]12CCC(=O)C=C1CC[C@@H]1[C@H]3CC[C@](O)(C(=O)CO)[C@@]3(C)CC[C@@H]12. The molecule has 0 saturated heterocycles. The van der Waals surface area contributed by atoms with Gasteiger partial charge in [-0.1, -0.05) is 19.4 Å². The van der Waals surface area contributed by atoms with Crippen molar-refractivity contribution in [1.82, 2.24) is 0 Å². The second-order valence-corrected chi connectivity index (χ2v) is 9.41. The predicted octanol–water partition coefficient (Wildman–Crippen LogP) is 2.81. The van der Waals surface area contributed by atoms with Crippen LogP contribution >= 0.6 is 0 Å². The number of carbonyl (C=O) groups is 2. The highest BCUT2D eigenvalue weighted by Gasteiger charge is 2.65. The standard InChI is InChI=1S/C21H30O4/c1-19-8-5-14(23)11-13(19)3-4-15-16(19)6-9-20(2)17(15)7-10-21(20,25)18(24)12-22/h11,15-17,22,25H,3-10,12H2,1-2H3/t15-,16-,17+,19-,20-,21-/m0/s1. The maximum absolute atomic E-state index is 12.3. The van der Waals surface area contributed by atoms with E-state index in [0.29, 0.717) is 30.6 Å². The molecule has 25 heavy (non-hydrogen) atoms. The summed E-state index contributed by atoms with van der Waals surface area (Å²) in [5, 5.41) is 20.5. The molecule has 0 unspecified atom stereocenters. The summed E-state index contributed by atoms with van der Waals surface area (Å²) >= 11 is 0. The summed E-state index contributed by atoms with van der Waals surface area (Å²) in [4.78, 5) is 24.2. The number of rotatable bonds is 2. The Morgan fingerprint density at radius 1 is 1.12 bits per heavy atom. The Morgan fingerprint density at radius 2 is 1.84 bits per heavy atom. The molecule has 4 rings (SSSR count). The quantitative estimate of drug-likeness (QED) is 0.806. The zero-order chi connectivity index (χ0) is 18.0. The predicted molar refractivity (Wildman–Crippen MR) is 93.8 cm³/mol. The van der Waals surface area contributed by atoms with Gasteiger partial charge in [-0.05, 0) is 74.2 Å². The number of carbonyl (C=O) groups excluding carboxylic acids is 2. The maximum atomic E-state index is 12.3. The largest absolute Gasteiger partial charge is 0.388 e. The van der Waals surface area contributed by atoms with Gasteiger partial charge < -0.3 is 10.2 Å². The Kier molecular flexibility index (Phi) is 3.83. The van der Waals surface area contributed by atoms with Crippen LogP contribution in [0.25, 0.3) is 0 Å². The Balaban J connectivity index is 1.68. The number of fused-ring (bicyclic) bond motifs is 5. The van der Waals surface area contributed by atoms with Gasteiger partial charge in [-0.3, -0.25) is 9.59 Å². The average Bonchev–Trinajstić information content (AvgIpc) is 2.87. The minimum Gasteiger partial charge on any atom is -0.388 e. The molecule has 4 aliphatic carbocycles. The molecule has 138 valence electrons. The lowest BCUT2D eigenvalue weighted by Gasteiger charge is -2.58. The molecule has 4 aliphatic rings. The van der Waals surface area contributed by atoms with Crippen molar-refractivity contribution >= 4 is 11.6 Å². The first kappa shape index (κ1) is 17.4. The molecule has 0 aromatic heterocycles. The van der Waals surface area contributed by atoms with Gasteiger partial charge in [0.2, 0.25) is 0 Å². The summed E-state index contributed by atoms with van der Waals surface area (Å²) in [6, 6.07) is 0. The second-order valence-electron chi connectivity index (χ2n) is 9.41. The third-order valence-electron chi connectivity index (χ3n) is 8.72. The fourth-order valence-electron chi connectivity index (χ4n) is 7.16. The van der Waals surface area contributed by atoms with Gasteiger partial charge >= 0.3 is 0 Å². The molecule has 0 aliphatic heterocycles. The topological polar surface area (TPSA) is 74.6 Å². The third kappa shape index (κ3) is 2.13. The molecule has 6 atom stereocenters. The van der Waals surface area contributed by atoms with Gasteiger partial charge in [0, 0.05) is 11.8 Å². The molecule has 0 aromatic carbocycles. The van der Waals surface area contributed by atoms with E-state index in [1.54, 1.807) is 0 Å². The first-order valence-electron chi connectivity index (χ1n) is 9.87. The van der Waals surface area contributed by atoms with Crippen LogP contribution in [-0.4, -0.2) is 34.0 Å². The molecule has 3 saturated carbocycles. The number of hydrogen-bond donors (Lipinski definition) is 2. The van der Waals surface area contributed by atoms with Gasteiger partial charge in [0.15, 0.2) is 11.6 Å². The number of hydrogen-bond acceptors (Lipinski definition) is 4. The molecule has 0 radical (unpaired) electrons. The highest BCUT2D eigenvalue weighted by atomic mass is 16.3. The van der Waals surface area contributed by atoms with Crippen LogP contribution in [0, 0.1) is 28.6 Å². The van der Waals surface area contributed by atoms with E-state index in [1.165, 1.54) is 5.57 Å².